The van der Waals surface area contributed by atoms with Crippen molar-refractivity contribution < 1.29 is 22.5 Å². The van der Waals surface area contributed by atoms with Gasteiger partial charge in [0.1, 0.15) is 0 Å². The predicted octanol–water partition coefficient (Wildman–Crippen LogP) is 0.938. The van der Waals surface area contributed by atoms with Crippen LogP contribution in [0.1, 0.15) is 21.5 Å². The minimum absolute atomic E-state index is 0.0989. The van der Waals surface area contributed by atoms with E-state index in [4.69, 9.17) is 9.29 Å². The molecule has 1 amide bonds. The van der Waals surface area contributed by atoms with Crippen LogP contribution in [-0.2, 0) is 14.9 Å². The highest BCUT2D eigenvalue weighted by Crippen LogP contribution is 2.09. The Kier molecular flexibility index (Phi) is 6.12. The van der Waals surface area contributed by atoms with Crippen LogP contribution in [0.2, 0.25) is 0 Å². The number of hydrogen-bond acceptors (Lipinski definition) is 4. The van der Waals surface area contributed by atoms with E-state index in [0.29, 0.717) is 5.56 Å². The zero-order valence-electron chi connectivity index (χ0n) is 11.5. The summed E-state index contributed by atoms with van der Waals surface area (Å²) < 4.78 is 34.3. The second-order valence-electron chi connectivity index (χ2n) is 4.45. The van der Waals surface area contributed by atoms with Crippen LogP contribution in [-0.4, -0.2) is 44.4 Å². The lowest BCUT2D eigenvalue weighted by Gasteiger charge is -2.07. The zero-order valence-corrected chi connectivity index (χ0v) is 12.4. The van der Waals surface area contributed by atoms with Gasteiger partial charge in [0.2, 0.25) is 0 Å². The van der Waals surface area contributed by atoms with Crippen LogP contribution < -0.4 is 5.32 Å². The van der Waals surface area contributed by atoms with E-state index in [1.54, 1.807) is 6.07 Å². The fourth-order valence-electron chi connectivity index (χ4n) is 1.49. The summed E-state index contributed by atoms with van der Waals surface area (Å²) in [6.45, 7) is 4.27. The summed E-state index contributed by atoms with van der Waals surface area (Å²) in [5.74, 6) is -0.649. The van der Waals surface area contributed by atoms with Gasteiger partial charge in [0.15, 0.2) is 0 Å². The third-order valence-electron chi connectivity index (χ3n) is 2.79. The molecule has 112 valence electrons. The van der Waals surface area contributed by atoms with Crippen LogP contribution in [0.3, 0.4) is 0 Å². The molecule has 0 aliphatic rings. The molecule has 6 nitrogen and oxygen atoms in total. The van der Waals surface area contributed by atoms with Gasteiger partial charge in [-0.05, 0) is 37.1 Å². The van der Waals surface area contributed by atoms with Crippen molar-refractivity contribution >= 4 is 16.0 Å². The van der Waals surface area contributed by atoms with Crippen LogP contribution in [0.4, 0.5) is 0 Å². The summed E-state index contributed by atoms with van der Waals surface area (Å²) in [6, 6.07) is 5.44. The second kappa shape index (κ2) is 7.37. The average molecular weight is 301 g/mol. The Balaban J connectivity index is 2.28. The number of benzene rings is 1. The van der Waals surface area contributed by atoms with Crippen LogP contribution in [0.25, 0.3) is 0 Å². The number of carbonyl (C=O) groups excluding carboxylic acids is 1. The van der Waals surface area contributed by atoms with Gasteiger partial charge in [0, 0.05) is 12.1 Å². The molecule has 0 fully saturated rings. The Bertz CT molecular complexity index is 568. The molecule has 0 radical (unpaired) electrons. The maximum absolute atomic E-state index is 11.8. The van der Waals surface area contributed by atoms with E-state index in [1.807, 2.05) is 26.0 Å². The Morgan fingerprint density at radius 3 is 2.55 bits per heavy atom. The van der Waals surface area contributed by atoms with Gasteiger partial charge in [0.05, 0.1) is 19.0 Å². The van der Waals surface area contributed by atoms with Crippen molar-refractivity contribution in [1.82, 2.24) is 5.32 Å². The van der Waals surface area contributed by atoms with Gasteiger partial charge in [-0.15, -0.1) is 0 Å². The fraction of sp³-hybridized carbons (Fsp3) is 0.462. The van der Waals surface area contributed by atoms with Crippen molar-refractivity contribution in [1.29, 1.82) is 0 Å². The lowest BCUT2D eigenvalue weighted by molar-refractivity contribution is 0.0922. The molecular weight excluding hydrogens is 282 g/mol. The Morgan fingerprint density at radius 2 is 1.95 bits per heavy atom. The molecule has 0 heterocycles. The first-order valence-electron chi connectivity index (χ1n) is 6.18. The van der Waals surface area contributed by atoms with E-state index in [9.17, 15) is 13.2 Å². The predicted molar refractivity (Wildman–Crippen MR) is 75.5 cm³/mol. The molecule has 1 aromatic rings. The molecule has 0 atom stereocenters. The van der Waals surface area contributed by atoms with Crippen molar-refractivity contribution in [2.75, 3.05) is 25.5 Å². The topological polar surface area (TPSA) is 92.7 Å². The lowest BCUT2D eigenvalue weighted by Crippen LogP contribution is -2.28. The summed E-state index contributed by atoms with van der Waals surface area (Å²) in [4.78, 5) is 11.8. The average Bonchev–Trinajstić information content (AvgIpc) is 2.35. The van der Waals surface area contributed by atoms with Gasteiger partial charge < -0.3 is 10.1 Å². The van der Waals surface area contributed by atoms with Gasteiger partial charge in [0.25, 0.3) is 16.0 Å². The van der Waals surface area contributed by atoms with Gasteiger partial charge >= 0.3 is 0 Å². The number of carbonyl (C=O) groups is 1. The number of ether oxygens (including phenoxy) is 1. The van der Waals surface area contributed by atoms with Crippen molar-refractivity contribution in [3.8, 4) is 0 Å². The second-order valence-corrected chi connectivity index (χ2v) is 6.03. The van der Waals surface area contributed by atoms with Crippen LogP contribution >= 0.6 is 0 Å². The van der Waals surface area contributed by atoms with Gasteiger partial charge in [-0.3, -0.25) is 9.35 Å². The molecule has 0 saturated heterocycles. The molecule has 20 heavy (non-hydrogen) atoms. The highest BCUT2D eigenvalue weighted by molar-refractivity contribution is 7.85. The largest absolute Gasteiger partial charge is 0.378 e. The first-order valence-corrected chi connectivity index (χ1v) is 7.79. The summed E-state index contributed by atoms with van der Waals surface area (Å²) in [5, 5.41) is 2.67. The standard InChI is InChI=1S/C13H19NO5S/c1-10-3-4-12(9-11(10)2)13(15)14-5-6-19-7-8-20(16,17)18/h3-4,9H,5-8H2,1-2H3,(H,14,15)(H,16,17,18). The normalized spacial score (nSPS) is 11.3. The first-order chi connectivity index (χ1) is 9.29. The molecule has 0 unspecified atom stereocenters. The number of hydrogen-bond donors (Lipinski definition) is 2. The Morgan fingerprint density at radius 1 is 1.25 bits per heavy atom. The summed E-state index contributed by atoms with van der Waals surface area (Å²) in [7, 11) is -3.99. The van der Waals surface area contributed by atoms with Gasteiger partial charge in [-0.2, -0.15) is 8.42 Å². The SMILES string of the molecule is Cc1ccc(C(=O)NCCOCCS(=O)(=O)O)cc1C. The quantitative estimate of drug-likeness (QED) is 0.577. The van der Waals surface area contributed by atoms with E-state index in [1.165, 1.54) is 0 Å². The molecule has 0 spiro atoms. The number of amides is 1. The van der Waals surface area contributed by atoms with Crippen LogP contribution in [0, 0.1) is 13.8 Å². The van der Waals surface area contributed by atoms with E-state index in [2.05, 4.69) is 5.32 Å². The Hall–Kier alpha value is -1.44. The molecular formula is C13H19NO5S. The van der Waals surface area contributed by atoms with E-state index < -0.39 is 15.9 Å². The third-order valence-corrected chi connectivity index (χ3v) is 3.47. The van der Waals surface area contributed by atoms with E-state index in [-0.39, 0.29) is 25.7 Å². The molecule has 0 aliphatic carbocycles. The van der Waals surface area contributed by atoms with Crippen molar-refractivity contribution in [2.24, 2.45) is 0 Å². The van der Waals surface area contributed by atoms with Crippen molar-refractivity contribution in [2.45, 2.75) is 13.8 Å². The van der Waals surface area contributed by atoms with Gasteiger partial charge in [-0.25, -0.2) is 0 Å². The molecule has 0 saturated carbocycles. The number of nitrogens with one attached hydrogen (secondary N) is 1. The monoisotopic (exact) mass is 301 g/mol. The molecule has 7 heteroatoms. The van der Waals surface area contributed by atoms with E-state index in [0.717, 1.165) is 11.1 Å². The minimum Gasteiger partial charge on any atom is -0.378 e. The zero-order chi connectivity index (χ0) is 15.2. The molecule has 1 aromatic carbocycles. The summed E-state index contributed by atoms with van der Waals surface area (Å²) in [6.07, 6.45) is 0. The third kappa shape index (κ3) is 6.14. The maximum atomic E-state index is 11.8. The maximum Gasteiger partial charge on any atom is 0.267 e. The number of rotatable bonds is 7. The minimum atomic E-state index is -3.99. The smallest absolute Gasteiger partial charge is 0.267 e. The highest BCUT2D eigenvalue weighted by Gasteiger charge is 2.06. The first kappa shape index (κ1) is 16.6. The molecule has 0 bridgehead atoms. The highest BCUT2D eigenvalue weighted by atomic mass is 32.2. The fourth-order valence-corrected chi connectivity index (χ4v) is 1.82. The molecule has 0 aliphatic heterocycles. The van der Waals surface area contributed by atoms with Crippen LogP contribution in [0.15, 0.2) is 18.2 Å². The molecule has 1 rings (SSSR count). The van der Waals surface area contributed by atoms with Gasteiger partial charge in [-0.1, -0.05) is 6.07 Å². The summed E-state index contributed by atoms with van der Waals surface area (Å²) in [5.41, 5.74) is 2.74. The van der Waals surface area contributed by atoms with Crippen molar-refractivity contribution in [3.05, 3.63) is 34.9 Å². The molecule has 0 aromatic heterocycles. The number of aryl methyl sites for hydroxylation is 2. The summed E-state index contributed by atoms with van der Waals surface area (Å²) >= 11 is 0. The van der Waals surface area contributed by atoms with Crippen molar-refractivity contribution in [3.63, 3.8) is 0 Å². The van der Waals surface area contributed by atoms with Crippen LogP contribution in [0.5, 0.6) is 0 Å². The lowest BCUT2D eigenvalue weighted by atomic mass is 10.1. The van der Waals surface area contributed by atoms with E-state index >= 15 is 0 Å². The Labute approximate surface area is 118 Å². The molecule has 2 N–H and O–H groups in total.